The fourth-order valence-corrected chi connectivity index (χ4v) is 5.44. The number of benzene rings is 2. The largest absolute Gasteiger partial charge is 0.371 e. The third kappa shape index (κ3) is 14.7. The summed E-state index contributed by atoms with van der Waals surface area (Å²) in [5, 5.41) is 5.53. The minimum atomic E-state index is -1.03. The number of ether oxygens (including phenoxy) is 1. The molecule has 44 heavy (non-hydrogen) atoms. The fourth-order valence-electron chi connectivity index (χ4n) is 4.07. The lowest BCUT2D eigenvalue weighted by Crippen LogP contribution is -2.56. The molecule has 2 amide bonds. The molecule has 4 unspecified atom stereocenters. The number of nitrogens with zero attached hydrogens (tertiary/aromatic N) is 2. The van der Waals surface area contributed by atoms with E-state index in [0.29, 0.717) is 6.29 Å². The van der Waals surface area contributed by atoms with Crippen molar-refractivity contribution in [2.75, 3.05) is 46.3 Å². The molecule has 246 valence electrons. The molecule has 0 spiro atoms. The first-order chi connectivity index (χ1) is 21.1. The van der Waals surface area contributed by atoms with Crippen LogP contribution in [0.25, 0.3) is 0 Å². The van der Waals surface area contributed by atoms with Crippen LogP contribution in [0.2, 0.25) is 0 Å². The summed E-state index contributed by atoms with van der Waals surface area (Å²) in [5.41, 5.74) is 18.2. The monoisotopic (exact) mass is 631 g/mol. The van der Waals surface area contributed by atoms with E-state index in [1.54, 1.807) is 6.92 Å². The van der Waals surface area contributed by atoms with Crippen LogP contribution >= 0.6 is 10.7 Å². The number of hydrogen-bond donors (Lipinski definition) is 5. The lowest BCUT2D eigenvalue weighted by Gasteiger charge is -2.26. The van der Waals surface area contributed by atoms with Crippen molar-refractivity contribution in [3.05, 3.63) is 65.7 Å². The van der Waals surface area contributed by atoms with Crippen molar-refractivity contribution in [2.24, 2.45) is 17.2 Å². The number of hydrogen-bond acceptors (Lipinski definition) is 9. The number of aldehydes is 1. The molecular weight excluding hydrogens is 578 g/mol. The highest BCUT2D eigenvalue weighted by molar-refractivity contribution is 8.12. The van der Waals surface area contributed by atoms with Crippen LogP contribution < -0.4 is 27.8 Å². The molecule has 2 aromatic carbocycles. The summed E-state index contributed by atoms with van der Waals surface area (Å²) in [7, 11) is 1.77. The first kappa shape index (κ1) is 39.1. The predicted molar refractivity (Wildman–Crippen MR) is 181 cm³/mol. The minimum absolute atomic E-state index is 0.132. The Labute approximate surface area is 265 Å². The number of amides is 2. The molecule has 8 N–H and O–H groups in total. The predicted octanol–water partition coefficient (Wildman–Crippen LogP) is 1.46. The van der Waals surface area contributed by atoms with Gasteiger partial charge in [-0.05, 0) is 37.2 Å². The first-order valence-corrected chi connectivity index (χ1v) is 16.4. The highest BCUT2D eigenvalue weighted by atomic mass is 32.2. The van der Waals surface area contributed by atoms with Gasteiger partial charge in [-0.15, -0.1) is 0 Å². The Kier molecular flexibility index (Phi) is 20.0. The maximum atomic E-state index is 13.1. The zero-order valence-electron chi connectivity index (χ0n) is 26.7. The molecule has 0 saturated carbocycles. The Balaban J connectivity index is 0.00000106. The van der Waals surface area contributed by atoms with Crippen LogP contribution in [0.1, 0.15) is 38.3 Å². The number of carbonyl (C=O) groups excluding carboxylic acids is 3. The molecule has 12 heteroatoms. The van der Waals surface area contributed by atoms with Gasteiger partial charge >= 0.3 is 0 Å². The van der Waals surface area contributed by atoms with Gasteiger partial charge in [-0.1, -0.05) is 72.9 Å². The van der Waals surface area contributed by atoms with E-state index in [-0.39, 0.29) is 30.2 Å². The molecule has 4 atom stereocenters. The van der Waals surface area contributed by atoms with E-state index in [0.717, 1.165) is 55.3 Å². The summed E-state index contributed by atoms with van der Waals surface area (Å²) in [4.78, 5) is 39.6. The molecule has 2 rings (SSSR count). The van der Waals surface area contributed by atoms with Gasteiger partial charge in [0.2, 0.25) is 11.8 Å². The van der Waals surface area contributed by atoms with E-state index in [1.165, 1.54) is 0 Å². The average molecular weight is 632 g/mol. The van der Waals surface area contributed by atoms with Crippen molar-refractivity contribution >= 4 is 34.6 Å². The van der Waals surface area contributed by atoms with Gasteiger partial charge in [-0.3, -0.25) is 13.9 Å². The third-order valence-electron chi connectivity index (χ3n) is 6.79. The SMILES string of the molecule is C=S(c1ccc(CNC(=O)C(NC(=O)C(N)CC=O)C(C)OCc2ccccc2)cc1)N(CC)CC.CN(CCN)CCN. The fraction of sp³-hybridized carbons (Fsp3) is 0.500. The van der Waals surface area contributed by atoms with E-state index in [2.05, 4.69) is 39.6 Å². The van der Waals surface area contributed by atoms with Crippen LogP contribution in [-0.4, -0.2) is 97.7 Å². The summed E-state index contributed by atoms with van der Waals surface area (Å²) in [5.74, 6) is 3.31. The molecule has 0 aliphatic carbocycles. The number of nitrogens with one attached hydrogen (secondary N) is 2. The number of likely N-dealkylation sites (N-methyl/N-ethyl adjacent to an activating group) is 1. The van der Waals surface area contributed by atoms with Gasteiger partial charge in [-0.25, -0.2) is 0 Å². The third-order valence-corrected chi connectivity index (χ3v) is 8.75. The summed E-state index contributed by atoms with van der Waals surface area (Å²) < 4.78 is 8.18. The van der Waals surface area contributed by atoms with Gasteiger partial charge in [0.15, 0.2) is 0 Å². The normalized spacial score (nSPS) is 13.8. The molecule has 0 aliphatic rings. The van der Waals surface area contributed by atoms with E-state index in [9.17, 15) is 14.4 Å². The molecule has 0 saturated heterocycles. The molecule has 11 nitrogen and oxygen atoms in total. The Morgan fingerprint density at radius 1 is 0.977 bits per heavy atom. The zero-order valence-corrected chi connectivity index (χ0v) is 27.6. The van der Waals surface area contributed by atoms with Gasteiger partial charge in [0.1, 0.15) is 12.3 Å². The minimum Gasteiger partial charge on any atom is -0.371 e. The lowest BCUT2D eigenvalue weighted by molar-refractivity contribution is -0.134. The van der Waals surface area contributed by atoms with E-state index in [1.807, 2.05) is 61.6 Å². The smallest absolute Gasteiger partial charge is 0.245 e. The Morgan fingerprint density at radius 3 is 2.09 bits per heavy atom. The lowest BCUT2D eigenvalue weighted by atomic mass is 10.1. The number of nitrogens with two attached hydrogens (primary N) is 3. The summed E-state index contributed by atoms with van der Waals surface area (Å²) in [6.07, 6.45) is -0.190. The van der Waals surface area contributed by atoms with Crippen molar-refractivity contribution < 1.29 is 19.1 Å². The molecule has 0 fully saturated rings. The number of rotatable bonds is 19. The summed E-state index contributed by atoms with van der Waals surface area (Å²) >= 11 is 0. The van der Waals surface area contributed by atoms with Crippen LogP contribution in [0.4, 0.5) is 0 Å². The maximum Gasteiger partial charge on any atom is 0.245 e. The first-order valence-electron chi connectivity index (χ1n) is 15.0. The molecular formula is C32H53N7O4S. The molecule has 2 aromatic rings. The van der Waals surface area contributed by atoms with Crippen molar-refractivity contribution in [1.29, 1.82) is 0 Å². The molecule has 0 bridgehead atoms. The zero-order chi connectivity index (χ0) is 32.9. The van der Waals surface area contributed by atoms with Crippen molar-refractivity contribution in [1.82, 2.24) is 19.8 Å². The van der Waals surface area contributed by atoms with Crippen molar-refractivity contribution in [2.45, 2.75) is 63.4 Å². The number of carbonyl (C=O) groups is 3. The average Bonchev–Trinajstić information content (AvgIpc) is 3.03. The van der Waals surface area contributed by atoms with Crippen LogP contribution in [0.15, 0.2) is 59.5 Å². The van der Waals surface area contributed by atoms with Crippen LogP contribution in [0.3, 0.4) is 0 Å². The standard InChI is InChI=1S/C27H38N4O4S.C5H15N3/c1-5-31(6-2)36(4)23-14-12-21(13-15-23)18-29-27(34)25(30-26(33)24(28)16-17-32)20(3)35-19-22-10-8-7-9-11-22;1-8(4-2-6)5-3-7/h7-15,17,20,24-25H,4-6,16,18-19,28H2,1-3H3,(H,29,34)(H,30,33);2-7H2,1H3. The highest BCUT2D eigenvalue weighted by Gasteiger charge is 2.29. The quantitative estimate of drug-likeness (QED) is 0.114. The van der Waals surface area contributed by atoms with Crippen molar-refractivity contribution in [3.8, 4) is 0 Å². The van der Waals surface area contributed by atoms with E-state index in [4.69, 9.17) is 21.9 Å². The molecule has 0 radical (unpaired) electrons. The molecule has 0 aromatic heterocycles. The molecule has 0 aliphatic heterocycles. The van der Waals surface area contributed by atoms with Crippen LogP contribution in [-0.2, 0) is 32.3 Å². The van der Waals surface area contributed by atoms with Crippen LogP contribution in [0, 0.1) is 0 Å². The molecule has 0 heterocycles. The summed E-state index contributed by atoms with van der Waals surface area (Å²) in [6, 6.07) is 15.5. The Hall–Kier alpha value is -2.97. The van der Waals surface area contributed by atoms with Gasteiger partial charge in [0.05, 0.1) is 18.8 Å². The van der Waals surface area contributed by atoms with Crippen molar-refractivity contribution in [3.63, 3.8) is 0 Å². The second kappa shape index (κ2) is 22.5. The van der Waals surface area contributed by atoms with Crippen LogP contribution in [0.5, 0.6) is 0 Å². The summed E-state index contributed by atoms with van der Waals surface area (Å²) in [6.45, 7) is 11.7. The Morgan fingerprint density at radius 2 is 1.57 bits per heavy atom. The topological polar surface area (TPSA) is 169 Å². The van der Waals surface area contributed by atoms with Gasteiger partial charge < -0.3 is 42.3 Å². The maximum absolute atomic E-state index is 13.1. The van der Waals surface area contributed by atoms with E-state index < -0.39 is 30.0 Å². The second-order valence-electron chi connectivity index (χ2n) is 10.2. The Bertz CT molecular complexity index is 1110. The van der Waals surface area contributed by atoms with E-state index >= 15 is 0 Å². The highest BCUT2D eigenvalue weighted by Crippen LogP contribution is 2.28. The van der Waals surface area contributed by atoms with Gasteiger partial charge in [-0.2, -0.15) is 0 Å². The second-order valence-corrected chi connectivity index (χ2v) is 11.9. The van der Waals surface area contributed by atoms with Gasteiger partial charge in [0.25, 0.3) is 0 Å². The van der Waals surface area contributed by atoms with Gasteiger partial charge in [0, 0.05) is 57.1 Å².